The van der Waals surface area contributed by atoms with Crippen LogP contribution >= 0.6 is 7.60 Å². The number of hydrogen-bond donors (Lipinski definition) is 0. The molecule has 0 amide bonds. The van der Waals surface area contributed by atoms with Gasteiger partial charge in [-0.15, -0.1) is 0 Å². The molecule has 0 aromatic heterocycles. The lowest BCUT2D eigenvalue weighted by Crippen LogP contribution is -2.62. The van der Waals surface area contributed by atoms with Crippen molar-refractivity contribution in [3.8, 4) is 0 Å². The van der Waals surface area contributed by atoms with Crippen LogP contribution in [0.3, 0.4) is 0 Å². The van der Waals surface area contributed by atoms with Gasteiger partial charge in [0.1, 0.15) is 0 Å². The van der Waals surface area contributed by atoms with Crippen LogP contribution in [0.4, 0.5) is 39.5 Å². The molecule has 0 saturated carbocycles. The fourth-order valence-corrected chi connectivity index (χ4v) is 1.02. The summed E-state index contributed by atoms with van der Waals surface area (Å²) in [6.45, 7) is 0. The van der Waals surface area contributed by atoms with Gasteiger partial charge in [-0.05, 0) is 0 Å². The zero-order valence-corrected chi connectivity index (χ0v) is 7.97. The smallest absolute Gasteiger partial charge is 0.460 e. The Balaban J connectivity index is 5.82. The van der Waals surface area contributed by atoms with Crippen LogP contribution in [0.25, 0.3) is 0 Å². The van der Waals surface area contributed by atoms with Gasteiger partial charge in [0, 0.05) is 7.60 Å². The van der Waals surface area contributed by atoms with Crippen LogP contribution in [0.2, 0.25) is 0 Å². The molecule has 0 bridgehead atoms. The zero-order valence-electron chi connectivity index (χ0n) is 7.07. The molecule has 0 N–H and O–H groups in total. The van der Waals surface area contributed by atoms with Crippen LogP contribution in [0.15, 0.2) is 0 Å². The number of halogens is 9. The van der Waals surface area contributed by atoms with Crippen LogP contribution in [0, 0.1) is 0 Å². The van der Waals surface area contributed by atoms with E-state index < -0.39 is 31.3 Å². The lowest BCUT2D eigenvalue weighted by molar-refractivity contribution is -0.405. The van der Waals surface area contributed by atoms with Gasteiger partial charge in [-0.25, -0.2) is 0 Å². The van der Waals surface area contributed by atoms with Crippen molar-refractivity contribution in [2.45, 2.75) is 23.7 Å². The van der Waals surface area contributed by atoms with Gasteiger partial charge in [0.2, 0.25) is 0 Å². The van der Waals surface area contributed by atoms with Gasteiger partial charge >= 0.3 is 23.7 Å². The molecule has 0 saturated heterocycles. The second-order valence-corrected chi connectivity index (χ2v) is 4.24. The Labute approximate surface area is 86.4 Å². The summed E-state index contributed by atoms with van der Waals surface area (Å²) in [4.78, 5) is 19.2. The average Bonchev–Trinajstić information content (AvgIpc) is 1.98. The van der Waals surface area contributed by atoms with Crippen molar-refractivity contribution in [3.63, 3.8) is 0 Å². The van der Waals surface area contributed by atoms with Crippen LogP contribution in [-0.2, 0) is 4.57 Å². The Hall–Kier alpha value is -0.480. The summed E-state index contributed by atoms with van der Waals surface area (Å²) in [6.07, 6.45) is -7.16. The van der Waals surface area contributed by atoms with Crippen LogP contribution in [0.1, 0.15) is 0 Å². The van der Waals surface area contributed by atoms with E-state index in [1.807, 2.05) is 0 Å². The molecule has 0 aliphatic heterocycles. The average molecular weight is 298 g/mol. The quantitative estimate of drug-likeness (QED) is 0.583. The monoisotopic (exact) mass is 298 g/mol. The van der Waals surface area contributed by atoms with E-state index in [4.69, 9.17) is 0 Å². The summed E-state index contributed by atoms with van der Waals surface area (Å²) < 4.78 is 116. The molecule has 0 aromatic carbocycles. The molecule has 13 heteroatoms. The summed E-state index contributed by atoms with van der Waals surface area (Å²) in [5.74, 6) is -14.8. The molecule has 0 aliphatic rings. The second kappa shape index (κ2) is 3.75. The van der Waals surface area contributed by atoms with Gasteiger partial charge in [0.25, 0.3) is 0 Å². The molecule has 0 aromatic rings. The molecule has 0 rings (SSSR count). The number of alkyl halides is 9. The van der Waals surface area contributed by atoms with Crippen molar-refractivity contribution >= 4 is 7.60 Å². The summed E-state index contributed by atoms with van der Waals surface area (Å²) in [7, 11) is -7.72. The Morgan fingerprint density at radius 3 is 1.18 bits per heavy atom. The first-order chi connectivity index (χ1) is 7.00. The summed E-state index contributed by atoms with van der Waals surface area (Å²) in [5.41, 5.74) is -7.08. The largest absolute Gasteiger partial charge is 0.806 e. The standard InChI is InChI=1S/C4H2F9O3P/c5-1(6,3(9,10)11)2(7,8)4(12,13)17(14,15)16/h(H2,14,15,16)/p-2. The third-order valence-corrected chi connectivity index (χ3v) is 2.44. The van der Waals surface area contributed by atoms with E-state index in [0.717, 1.165) is 0 Å². The Morgan fingerprint density at radius 1 is 0.706 bits per heavy atom. The Morgan fingerprint density at radius 2 is 1.00 bits per heavy atom. The zero-order chi connectivity index (χ0) is 14.5. The molecule has 0 radical (unpaired) electrons. The lowest BCUT2D eigenvalue weighted by Gasteiger charge is -2.43. The summed E-state index contributed by atoms with van der Waals surface area (Å²) in [5, 5.41) is 0. The van der Waals surface area contributed by atoms with E-state index in [1.165, 1.54) is 0 Å². The first kappa shape index (κ1) is 16.5. The predicted molar refractivity (Wildman–Crippen MR) is 28.5 cm³/mol. The first-order valence-corrected chi connectivity index (χ1v) is 4.76. The van der Waals surface area contributed by atoms with E-state index in [2.05, 4.69) is 0 Å². The minimum absolute atomic E-state index is 7.08. The first-order valence-electron chi connectivity index (χ1n) is 3.22. The molecule has 0 unspecified atom stereocenters. The molecular weight excluding hydrogens is 298 g/mol. The third-order valence-electron chi connectivity index (χ3n) is 1.47. The molecule has 0 aliphatic carbocycles. The minimum atomic E-state index is -7.72. The topological polar surface area (TPSA) is 63.2 Å². The fourth-order valence-electron chi connectivity index (χ4n) is 0.539. The molecule has 3 nitrogen and oxygen atoms in total. The van der Waals surface area contributed by atoms with Gasteiger partial charge in [0.05, 0.1) is 0 Å². The predicted octanol–water partition coefficient (Wildman–Crippen LogP) is 1.33. The maximum Gasteiger partial charge on any atom is 0.460 e. The second-order valence-electron chi connectivity index (χ2n) is 2.69. The Bertz CT molecular complexity index is 341. The van der Waals surface area contributed by atoms with E-state index >= 15 is 0 Å². The highest BCUT2D eigenvalue weighted by Crippen LogP contribution is 2.62. The number of rotatable bonds is 3. The maximum atomic E-state index is 12.2. The Kier molecular flexibility index (Phi) is 3.65. The lowest BCUT2D eigenvalue weighted by atomic mass is 10.1. The van der Waals surface area contributed by atoms with Gasteiger partial charge in [-0.1, -0.05) is 0 Å². The molecule has 0 atom stereocenters. The minimum Gasteiger partial charge on any atom is -0.806 e. The van der Waals surface area contributed by atoms with Crippen molar-refractivity contribution < 1.29 is 53.9 Å². The third kappa shape index (κ3) is 2.25. The van der Waals surface area contributed by atoms with Crippen molar-refractivity contribution in [1.82, 2.24) is 0 Å². The highest BCUT2D eigenvalue weighted by molar-refractivity contribution is 7.50. The highest BCUT2D eigenvalue weighted by atomic mass is 31.2. The van der Waals surface area contributed by atoms with Crippen LogP contribution in [-0.4, -0.2) is 23.7 Å². The fraction of sp³-hybridized carbons (Fsp3) is 1.00. The molecule has 0 fully saturated rings. The van der Waals surface area contributed by atoms with Crippen LogP contribution < -0.4 is 9.79 Å². The normalized spacial score (nSPS) is 16.2. The molecule has 0 spiro atoms. The van der Waals surface area contributed by atoms with Crippen LogP contribution in [0.5, 0.6) is 0 Å². The molecule has 0 heterocycles. The molecule has 17 heavy (non-hydrogen) atoms. The van der Waals surface area contributed by atoms with E-state index in [0.29, 0.717) is 0 Å². The summed E-state index contributed by atoms with van der Waals surface area (Å²) in [6, 6.07) is 0. The van der Waals surface area contributed by atoms with Crippen molar-refractivity contribution in [1.29, 1.82) is 0 Å². The summed E-state index contributed by atoms with van der Waals surface area (Å²) >= 11 is 0. The van der Waals surface area contributed by atoms with Gasteiger partial charge < -0.3 is 14.4 Å². The maximum absolute atomic E-state index is 12.2. The highest BCUT2D eigenvalue weighted by Gasteiger charge is 2.82. The molecule has 104 valence electrons. The van der Waals surface area contributed by atoms with E-state index in [-0.39, 0.29) is 0 Å². The molecular formula is C4F9O3P-2. The van der Waals surface area contributed by atoms with Gasteiger partial charge in [-0.2, -0.15) is 39.5 Å². The van der Waals surface area contributed by atoms with E-state index in [9.17, 15) is 53.9 Å². The van der Waals surface area contributed by atoms with Gasteiger partial charge in [0.15, 0.2) is 0 Å². The SMILES string of the molecule is O=P([O-])([O-])C(F)(F)C(F)(F)C(F)(F)C(F)(F)F. The number of hydrogen-bond acceptors (Lipinski definition) is 3. The van der Waals surface area contributed by atoms with E-state index in [1.54, 1.807) is 0 Å². The van der Waals surface area contributed by atoms with Gasteiger partial charge in [-0.3, -0.25) is 0 Å². The van der Waals surface area contributed by atoms with Crippen molar-refractivity contribution in [3.05, 3.63) is 0 Å². The van der Waals surface area contributed by atoms with Crippen molar-refractivity contribution in [2.24, 2.45) is 0 Å². The van der Waals surface area contributed by atoms with Crippen molar-refractivity contribution in [2.75, 3.05) is 0 Å².